The van der Waals surface area contributed by atoms with Gasteiger partial charge < -0.3 is 23.7 Å². The fourth-order valence-electron chi connectivity index (χ4n) is 4.85. The number of hydrogen-bond donors (Lipinski definition) is 0. The molecule has 2 fully saturated rings. The number of allylic oxidation sites excluding steroid dienone is 1. The van der Waals surface area contributed by atoms with E-state index in [1.807, 2.05) is 38.1 Å². The Balaban J connectivity index is 1.68. The number of methoxy groups -OCH3 is 1. The zero-order valence-corrected chi connectivity index (χ0v) is 22.1. The summed E-state index contributed by atoms with van der Waals surface area (Å²) in [4.78, 5) is 12.8. The van der Waals surface area contributed by atoms with Gasteiger partial charge in [0.25, 0.3) is 0 Å². The number of rotatable bonds is 9. The van der Waals surface area contributed by atoms with E-state index < -0.39 is 0 Å². The van der Waals surface area contributed by atoms with Crippen molar-refractivity contribution in [1.82, 2.24) is 0 Å². The molecule has 35 heavy (non-hydrogen) atoms. The Hall–Kier alpha value is -2.15. The monoisotopic (exact) mass is 486 g/mol. The summed E-state index contributed by atoms with van der Waals surface area (Å²) in [5, 5.41) is 0. The molecule has 0 aliphatic carbocycles. The number of carbonyl (C=O) groups excluding carboxylic acids is 1. The third-order valence-electron chi connectivity index (χ3n) is 6.77. The molecule has 194 valence electrons. The molecule has 0 radical (unpaired) electrons. The molecule has 0 N–H and O–H groups in total. The number of hydrogen-bond acceptors (Lipinski definition) is 6. The van der Waals surface area contributed by atoms with E-state index in [4.69, 9.17) is 23.7 Å². The first-order chi connectivity index (χ1) is 16.7. The Morgan fingerprint density at radius 3 is 2.57 bits per heavy atom. The summed E-state index contributed by atoms with van der Waals surface area (Å²) in [6.07, 6.45) is 8.26. The fourth-order valence-corrected chi connectivity index (χ4v) is 4.85. The Morgan fingerprint density at radius 1 is 1.17 bits per heavy atom. The van der Waals surface area contributed by atoms with Crippen LogP contribution in [-0.2, 0) is 23.7 Å². The summed E-state index contributed by atoms with van der Waals surface area (Å²) < 4.78 is 29.7. The molecular formula is C29H42O6. The summed E-state index contributed by atoms with van der Waals surface area (Å²) in [7, 11) is 1.70. The number of ether oxygens (including phenoxy) is 5. The maximum absolute atomic E-state index is 12.8. The van der Waals surface area contributed by atoms with Gasteiger partial charge in [0.1, 0.15) is 11.9 Å². The topological polar surface area (TPSA) is 66.5 Å². The largest absolute Gasteiger partial charge is 0.491 e. The van der Waals surface area contributed by atoms with Crippen LogP contribution in [0.5, 0.6) is 5.75 Å². The Kier molecular flexibility index (Phi) is 9.96. The van der Waals surface area contributed by atoms with Crippen LogP contribution in [0.15, 0.2) is 42.0 Å². The smallest absolute Gasteiger partial charge is 0.331 e. The van der Waals surface area contributed by atoms with Gasteiger partial charge in [0.2, 0.25) is 0 Å². The van der Waals surface area contributed by atoms with Crippen molar-refractivity contribution in [2.75, 3.05) is 20.3 Å². The van der Waals surface area contributed by atoms with E-state index in [0.717, 1.165) is 30.6 Å². The summed E-state index contributed by atoms with van der Waals surface area (Å²) in [5.41, 5.74) is 1.87. The van der Waals surface area contributed by atoms with Crippen molar-refractivity contribution in [3.05, 3.63) is 47.6 Å². The van der Waals surface area contributed by atoms with E-state index in [9.17, 15) is 4.79 Å². The number of epoxide rings is 1. The van der Waals surface area contributed by atoms with Crippen LogP contribution < -0.4 is 4.74 Å². The lowest BCUT2D eigenvalue weighted by Gasteiger charge is -2.34. The zero-order chi connectivity index (χ0) is 25.4. The molecule has 3 rings (SSSR count). The van der Waals surface area contributed by atoms with Crippen molar-refractivity contribution in [2.24, 2.45) is 5.92 Å². The standard InChI is InChI=1S/C29H42O6/c1-20(2)9-15-26-29(5,35-26)24-17-19-32-18-7-8-25(28(24)31-6)34-27(30)16-12-22-10-13-23(14-11-22)33-21(3)4/h9-14,16,21,24-26,28H,7-8,15,17-19H2,1-6H3/b16-12+/t24?,25-,26+,28+,29+/m1/s1. The summed E-state index contributed by atoms with van der Waals surface area (Å²) in [6, 6.07) is 7.64. The second-order valence-corrected chi connectivity index (χ2v) is 10.2. The molecule has 2 aliphatic heterocycles. The lowest BCUT2D eigenvalue weighted by molar-refractivity contribution is -0.155. The minimum absolute atomic E-state index is 0.0662. The highest BCUT2D eigenvalue weighted by Gasteiger charge is 2.59. The van der Waals surface area contributed by atoms with E-state index in [0.29, 0.717) is 19.6 Å². The van der Waals surface area contributed by atoms with Crippen LogP contribution in [0.25, 0.3) is 6.08 Å². The van der Waals surface area contributed by atoms with Gasteiger partial charge in [-0.2, -0.15) is 0 Å². The molecule has 5 atom stereocenters. The minimum Gasteiger partial charge on any atom is -0.491 e. The second-order valence-electron chi connectivity index (χ2n) is 10.2. The van der Waals surface area contributed by atoms with Crippen molar-refractivity contribution >= 4 is 12.0 Å². The third-order valence-corrected chi connectivity index (χ3v) is 6.77. The first-order valence-electron chi connectivity index (χ1n) is 12.8. The molecule has 6 nitrogen and oxygen atoms in total. The number of esters is 1. The maximum atomic E-state index is 12.8. The van der Waals surface area contributed by atoms with E-state index in [1.54, 1.807) is 13.2 Å². The molecule has 0 aromatic heterocycles. The average molecular weight is 487 g/mol. The fraction of sp³-hybridized carbons (Fsp3) is 0.621. The van der Waals surface area contributed by atoms with Crippen molar-refractivity contribution in [3.63, 3.8) is 0 Å². The first kappa shape index (κ1) is 27.4. The highest BCUT2D eigenvalue weighted by atomic mass is 16.6. The van der Waals surface area contributed by atoms with Gasteiger partial charge in [0.15, 0.2) is 0 Å². The third kappa shape index (κ3) is 7.92. The van der Waals surface area contributed by atoms with Crippen LogP contribution in [0.1, 0.15) is 65.9 Å². The SMILES string of the molecule is CO[C@H]1C([C@]2(C)O[C@H]2CC=C(C)C)CCOCCC[C@H]1OC(=O)/C=C/c1ccc(OC(C)C)cc1. The van der Waals surface area contributed by atoms with E-state index in [1.165, 1.54) is 11.6 Å². The molecule has 2 aliphatic rings. The summed E-state index contributed by atoms with van der Waals surface area (Å²) >= 11 is 0. The highest BCUT2D eigenvalue weighted by Crippen LogP contribution is 2.49. The van der Waals surface area contributed by atoms with Crippen LogP contribution in [0.2, 0.25) is 0 Å². The summed E-state index contributed by atoms with van der Waals surface area (Å²) in [6.45, 7) is 11.6. The summed E-state index contributed by atoms with van der Waals surface area (Å²) in [5.74, 6) is 0.498. The van der Waals surface area contributed by atoms with E-state index >= 15 is 0 Å². The quantitative estimate of drug-likeness (QED) is 0.192. The van der Waals surface area contributed by atoms with Crippen LogP contribution >= 0.6 is 0 Å². The van der Waals surface area contributed by atoms with Gasteiger partial charge in [0, 0.05) is 32.3 Å². The molecule has 0 spiro atoms. The van der Waals surface area contributed by atoms with Crippen LogP contribution in [0.4, 0.5) is 0 Å². The number of carbonyl (C=O) groups is 1. The molecule has 2 heterocycles. The number of benzene rings is 1. The zero-order valence-electron chi connectivity index (χ0n) is 22.1. The van der Waals surface area contributed by atoms with Gasteiger partial charge in [-0.1, -0.05) is 23.8 Å². The molecule has 1 unspecified atom stereocenters. The molecule has 1 aromatic rings. The van der Waals surface area contributed by atoms with Gasteiger partial charge in [-0.25, -0.2) is 4.79 Å². The lowest BCUT2D eigenvalue weighted by Crippen LogP contribution is -2.45. The van der Waals surface area contributed by atoms with Gasteiger partial charge >= 0.3 is 5.97 Å². The van der Waals surface area contributed by atoms with E-state index in [-0.39, 0.29) is 41.9 Å². The Labute approximate surface area is 210 Å². The van der Waals surface area contributed by atoms with E-state index in [2.05, 4.69) is 26.8 Å². The van der Waals surface area contributed by atoms with Crippen LogP contribution in [0.3, 0.4) is 0 Å². The molecule has 2 saturated heterocycles. The predicted molar refractivity (Wildman–Crippen MR) is 137 cm³/mol. The maximum Gasteiger partial charge on any atom is 0.331 e. The van der Waals surface area contributed by atoms with Crippen molar-refractivity contribution in [3.8, 4) is 5.75 Å². The van der Waals surface area contributed by atoms with Crippen LogP contribution in [-0.4, -0.2) is 56.3 Å². The van der Waals surface area contributed by atoms with Crippen LogP contribution in [0, 0.1) is 5.92 Å². The highest BCUT2D eigenvalue weighted by molar-refractivity contribution is 5.87. The predicted octanol–water partition coefficient (Wildman–Crippen LogP) is 5.74. The van der Waals surface area contributed by atoms with Crippen molar-refractivity contribution in [2.45, 2.75) is 90.3 Å². The van der Waals surface area contributed by atoms with Gasteiger partial charge in [-0.3, -0.25) is 0 Å². The lowest BCUT2D eigenvalue weighted by atomic mass is 9.80. The molecule has 0 saturated carbocycles. The molecule has 0 amide bonds. The van der Waals surface area contributed by atoms with Crippen molar-refractivity contribution < 1.29 is 28.5 Å². The van der Waals surface area contributed by atoms with Crippen molar-refractivity contribution in [1.29, 1.82) is 0 Å². The Morgan fingerprint density at radius 2 is 1.91 bits per heavy atom. The molecule has 6 heteroatoms. The first-order valence-corrected chi connectivity index (χ1v) is 12.8. The molecule has 0 bridgehead atoms. The normalized spacial score (nSPS) is 29.2. The van der Waals surface area contributed by atoms with Gasteiger partial charge in [-0.05, 0) is 84.1 Å². The van der Waals surface area contributed by atoms with Gasteiger partial charge in [-0.15, -0.1) is 0 Å². The molecular weight excluding hydrogens is 444 g/mol. The molecule has 1 aromatic carbocycles. The Bertz CT molecular complexity index is 870. The van der Waals surface area contributed by atoms with Gasteiger partial charge in [0.05, 0.1) is 23.9 Å². The average Bonchev–Trinajstić information content (AvgIpc) is 3.45. The second kappa shape index (κ2) is 12.7. The minimum atomic E-state index is -0.374.